The average Bonchev–Trinajstić information content (AvgIpc) is 3.86. The van der Waals surface area contributed by atoms with E-state index in [0.717, 1.165) is 86.0 Å². The number of hydrogen-bond donors (Lipinski definition) is 2. The summed E-state index contributed by atoms with van der Waals surface area (Å²) in [6, 6.07) is 11.9. The molecule has 2 aromatic heterocycles. The van der Waals surface area contributed by atoms with Crippen LogP contribution in [-0.2, 0) is 26.8 Å². The van der Waals surface area contributed by atoms with E-state index in [1.165, 1.54) is 24.1 Å². The van der Waals surface area contributed by atoms with Crippen LogP contribution in [0, 0.1) is 28.4 Å². The molecule has 5 aliphatic rings. The number of nitrogens with two attached hydrogens (primary N) is 1. The number of nitrogens with zero attached hydrogens (tertiary/aromatic N) is 8. The normalized spacial score (nSPS) is 24.4. The number of imide groups is 1. The predicted octanol–water partition coefficient (Wildman–Crippen LogP) is 6.56. The van der Waals surface area contributed by atoms with E-state index >= 15 is 8.78 Å². The van der Waals surface area contributed by atoms with Gasteiger partial charge in [0.1, 0.15) is 23.2 Å². The molecule has 0 bridgehead atoms. The van der Waals surface area contributed by atoms with Crippen molar-refractivity contribution in [1.29, 1.82) is 5.26 Å². The summed E-state index contributed by atoms with van der Waals surface area (Å²) in [5.74, 6) is -0.782. The quantitative estimate of drug-likeness (QED) is 0.162. The predicted molar refractivity (Wildman–Crippen MR) is 235 cm³/mol. The van der Waals surface area contributed by atoms with Crippen LogP contribution in [0.1, 0.15) is 104 Å². The molecule has 340 valence electrons. The van der Waals surface area contributed by atoms with E-state index in [9.17, 15) is 23.3 Å². The highest BCUT2D eigenvalue weighted by Crippen LogP contribution is 2.57. The van der Waals surface area contributed by atoms with Gasteiger partial charge in [-0.25, -0.2) is 23.7 Å². The molecule has 5 fully saturated rings. The Hall–Kier alpha value is -5.65. The molecule has 3 N–H and O–H groups in total. The van der Waals surface area contributed by atoms with Crippen molar-refractivity contribution in [3.05, 3.63) is 82.7 Å². The molecule has 2 saturated carbocycles. The first kappa shape index (κ1) is 43.3. The summed E-state index contributed by atoms with van der Waals surface area (Å²) in [7, 11) is -0.915. The number of urea groups is 1. The maximum atomic E-state index is 15.8. The van der Waals surface area contributed by atoms with Gasteiger partial charge >= 0.3 is 6.03 Å². The van der Waals surface area contributed by atoms with Crippen LogP contribution >= 0.6 is 0 Å². The number of halogens is 2. The van der Waals surface area contributed by atoms with Crippen molar-refractivity contribution in [2.24, 2.45) is 17.6 Å². The second-order valence-electron chi connectivity index (χ2n) is 18.4. The molecule has 16 nitrogen and oxygen atoms in total. The van der Waals surface area contributed by atoms with Crippen molar-refractivity contribution in [3.8, 4) is 17.6 Å². The fourth-order valence-electron chi connectivity index (χ4n) is 11.3. The summed E-state index contributed by atoms with van der Waals surface area (Å²) in [6.07, 6.45) is 9.76. The van der Waals surface area contributed by atoms with Crippen molar-refractivity contribution in [2.75, 3.05) is 38.2 Å². The zero-order valence-electron chi connectivity index (χ0n) is 36.2. The number of piperidine rings is 1. The van der Waals surface area contributed by atoms with Gasteiger partial charge in [-0.3, -0.25) is 24.7 Å². The van der Waals surface area contributed by atoms with Crippen LogP contribution in [0.5, 0.6) is 11.5 Å². The van der Waals surface area contributed by atoms with E-state index in [1.54, 1.807) is 29.9 Å². The fourth-order valence-corrected chi connectivity index (χ4v) is 12.2. The first-order valence-corrected chi connectivity index (χ1v) is 23.7. The van der Waals surface area contributed by atoms with Gasteiger partial charge in [-0.1, -0.05) is 6.07 Å². The molecule has 3 aliphatic heterocycles. The smallest absolute Gasteiger partial charge is 0.329 e. The second-order valence-corrected chi connectivity index (χ2v) is 19.9. The van der Waals surface area contributed by atoms with Crippen molar-refractivity contribution >= 4 is 49.9 Å². The lowest BCUT2D eigenvalue weighted by Crippen LogP contribution is -2.50. The van der Waals surface area contributed by atoms with Crippen LogP contribution in [0.2, 0.25) is 0 Å². The molecule has 65 heavy (non-hydrogen) atoms. The molecule has 5 heterocycles. The number of carbonyl (C=O) groups excluding carboxylic acids is 2. The SMILES string of the molecule is COC1CCN(S(N)(=O)=O)C1c1ccc(F)c(Oc2ccc3ncc(C4CC5(CCN(C6CCC(c7cc8c(cc7F)c(N7CCC(=O)NC7=O)nn8C)CC6)CC5)C4)nc3c2)c1C#N. The molecule has 19 heteroatoms. The Labute approximate surface area is 374 Å². The molecule has 3 amide bonds. The van der Waals surface area contributed by atoms with Gasteiger partial charge in [0.15, 0.2) is 17.4 Å². The molecular weight excluding hydrogens is 859 g/mol. The number of ether oxygens (including phenoxy) is 2. The van der Waals surface area contributed by atoms with Crippen LogP contribution in [0.3, 0.4) is 0 Å². The Balaban J connectivity index is 0.762. The van der Waals surface area contributed by atoms with Crippen molar-refractivity contribution < 1.29 is 36.3 Å². The molecule has 2 aliphatic carbocycles. The number of aryl methyl sites for hydroxylation is 1. The first-order chi connectivity index (χ1) is 31.2. The third-order valence-corrected chi connectivity index (χ3v) is 15.9. The summed E-state index contributed by atoms with van der Waals surface area (Å²) in [6.45, 7) is 2.33. The maximum absolute atomic E-state index is 15.8. The topological polar surface area (TPSA) is 202 Å². The van der Waals surface area contributed by atoms with Crippen molar-refractivity contribution in [2.45, 2.75) is 94.2 Å². The van der Waals surface area contributed by atoms with Gasteiger partial charge in [0, 0.05) is 63.3 Å². The number of rotatable bonds is 9. The lowest BCUT2D eigenvalue weighted by Gasteiger charge is -2.53. The zero-order valence-corrected chi connectivity index (χ0v) is 37.0. The molecule has 3 aromatic carbocycles. The highest BCUT2D eigenvalue weighted by atomic mass is 32.2. The Morgan fingerprint density at radius 1 is 0.923 bits per heavy atom. The van der Waals surface area contributed by atoms with Crippen LogP contribution in [-0.4, -0.2) is 94.7 Å². The average molecular weight is 909 g/mol. The molecule has 10 rings (SSSR count). The number of aromatic nitrogens is 4. The third-order valence-electron chi connectivity index (χ3n) is 14.8. The largest absolute Gasteiger partial charge is 0.453 e. The molecule has 5 aromatic rings. The molecule has 3 saturated heterocycles. The van der Waals surface area contributed by atoms with Gasteiger partial charge in [-0.15, -0.1) is 0 Å². The number of amides is 3. The Morgan fingerprint density at radius 3 is 2.40 bits per heavy atom. The molecule has 2 atom stereocenters. The molecular formula is C46H50F2N10O6S. The van der Waals surface area contributed by atoms with Gasteiger partial charge in [-0.2, -0.15) is 23.1 Å². The molecule has 1 spiro atoms. The Morgan fingerprint density at radius 2 is 1.69 bits per heavy atom. The lowest BCUT2D eigenvalue weighted by molar-refractivity contribution is -0.120. The standard InChI is InChI=1S/C46H50F2N10O6S/c1-55-39-21-31(35(48)20-32(39)44(54-55)57-15-12-41(59)53-45(57)60)26-3-5-28(6-4-26)56-17-13-46(14-18-56)22-27(23-46)38-25-51-36-10-7-29(19-37(36)52-38)64-43-33(24-49)30(8-9-34(43)47)42-40(63-2)11-16-58(42)65(50,61)62/h7-10,19-21,25-28,40,42H,3-6,11-18,22-23H2,1-2H3,(H2,50,61,62)(H,53,59,60). The number of likely N-dealkylation sites (tertiary alicyclic amines) is 1. The second kappa shape index (κ2) is 16.7. The lowest BCUT2D eigenvalue weighted by atomic mass is 9.56. The number of methoxy groups -OCH3 is 1. The number of hydrogen-bond acceptors (Lipinski definition) is 11. The number of nitrogens with one attached hydrogen (secondary N) is 1. The number of nitriles is 1. The highest BCUT2D eigenvalue weighted by molar-refractivity contribution is 7.86. The van der Waals surface area contributed by atoms with Crippen LogP contribution in [0.4, 0.5) is 19.4 Å². The third kappa shape index (κ3) is 7.88. The number of anilines is 1. The Kier molecular flexibility index (Phi) is 11.1. The van der Waals surface area contributed by atoms with Crippen LogP contribution in [0.15, 0.2) is 48.7 Å². The van der Waals surface area contributed by atoms with Gasteiger partial charge in [0.25, 0.3) is 10.2 Å². The van der Waals surface area contributed by atoms with Gasteiger partial charge in [0.05, 0.1) is 34.4 Å². The number of carbonyl (C=O) groups is 2. The van der Waals surface area contributed by atoms with Crippen LogP contribution < -0.4 is 20.1 Å². The van der Waals surface area contributed by atoms with Crippen molar-refractivity contribution in [1.82, 2.24) is 34.3 Å². The van der Waals surface area contributed by atoms with E-state index in [1.807, 2.05) is 18.3 Å². The molecule has 0 radical (unpaired) electrons. The van der Waals surface area contributed by atoms with Crippen LogP contribution in [0.25, 0.3) is 21.9 Å². The van der Waals surface area contributed by atoms with E-state index in [0.29, 0.717) is 40.3 Å². The minimum Gasteiger partial charge on any atom is -0.453 e. The van der Waals surface area contributed by atoms with Gasteiger partial charge < -0.3 is 14.4 Å². The monoisotopic (exact) mass is 908 g/mol. The number of fused-ring (bicyclic) bond motifs is 2. The number of benzene rings is 3. The van der Waals surface area contributed by atoms with E-state index in [-0.39, 0.29) is 71.1 Å². The summed E-state index contributed by atoms with van der Waals surface area (Å²) < 4.78 is 70.5. The van der Waals surface area contributed by atoms with Gasteiger partial charge in [-0.05, 0) is 124 Å². The Bertz CT molecular complexity index is 2880. The summed E-state index contributed by atoms with van der Waals surface area (Å²) in [5.41, 5.74) is 3.89. The van der Waals surface area contributed by atoms with Gasteiger partial charge in [0.2, 0.25) is 5.91 Å². The summed E-state index contributed by atoms with van der Waals surface area (Å²) in [5, 5.41) is 23.2. The zero-order chi connectivity index (χ0) is 45.4. The summed E-state index contributed by atoms with van der Waals surface area (Å²) in [4.78, 5) is 37.9. The van der Waals surface area contributed by atoms with E-state index < -0.39 is 34.2 Å². The highest BCUT2D eigenvalue weighted by Gasteiger charge is 2.48. The van der Waals surface area contributed by atoms with E-state index in [4.69, 9.17) is 19.6 Å². The van der Waals surface area contributed by atoms with E-state index in [2.05, 4.69) is 20.3 Å². The minimum atomic E-state index is -4.15. The van der Waals surface area contributed by atoms with Crippen molar-refractivity contribution in [3.63, 3.8) is 0 Å². The fraction of sp³-hybridized carbons (Fsp3) is 0.478. The minimum absolute atomic E-state index is 0.0880. The maximum Gasteiger partial charge on any atom is 0.329 e. The first-order valence-electron chi connectivity index (χ1n) is 22.2. The summed E-state index contributed by atoms with van der Waals surface area (Å²) >= 11 is 0. The molecule has 2 unspecified atom stereocenters.